The van der Waals surface area contributed by atoms with Gasteiger partial charge in [-0.1, -0.05) is 60.1 Å². The molecule has 3 aromatic rings. The number of methoxy groups -OCH3 is 1. The van der Waals surface area contributed by atoms with Crippen LogP contribution in [0.5, 0.6) is 11.5 Å². The molecule has 164 valence electrons. The van der Waals surface area contributed by atoms with Gasteiger partial charge in [0.2, 0.25) is 0 Å². The Morgan fingerprint density at radius 2 is 1.87 bits per heavy atom. The van der Waals surface area contributed by atoms with E-state index in [4.69, 9.17) is 21.1 Å². The van der Waals surface area contributed by atoms with E-state index in [2.05, 4.69) is 47.8 Å². The first-order valence-electron chi connectivity index (χ1n) is 10.5. The lowest BCUT2D eigenvalue weighted by molar-refractivity contribution is 0.155. The zero-order valence-corrected chi connectivity index (χ0v) is 19.5. The Balaban J connectivity index is 0.00000272. The fourth-order valence-electron chi connectivity index (χ4n) is 4.45. The third-order valence-electron chi connectivity index (χ3n) is 5.94. The molecule has 1 heterocycles. The van der Waals surface area contributed by atoms with E-state index in [1.165, 1.54) is 16.7 Å². The molecule has 4 rings (SSSR count). The van der Waals surface area contributed by atoms with Gasteiger partial charge in [-0.05, 0) is 66.6 Å². The minimum Gasteiger partial charge on any atom is -0.497 e. The number of rotatable bonds is 7. The molecule has 1 N–H and O–H groups in total. The molecule has 0 bridgehead atoms. The molecular formula is C26H29Cl2NO2. The van der Waals surface area contributed by atoms with Crippen molar-refractivity contribution < 1.29 is 9.47 Å². The molecule has 0 spiro atoms. The minimum atomic E-state index is 0. The maximum atomic E-state index is 6.44. The van der Waals surface area contributed by atoms with Crippen LogP contribution in [0.2, 0.25) is 5.02 Å². The summed E-state index contributed by atoms with van der Waals surface area (Å²) in [5.41, 5.74) is 3.74. The van der Waals surface area contributed by atoms with Gasteiger partial charge in [0, 0.05) is 17.6 Å². The molecule has 0 amide bonds. The summed E-state index contributed by atoms with van der Waals surface area (Å²) in [6, 6.07) is 24.9. The third kappa shape index (κ3) is 5.54. The number of nitrogens with one attached hydrogen (secondary N) is 1. The second-order valence-electron chi connectivity index (χ2n) is 7.90. The highest BCUT2D eigenvalue weighted by atomic mass is 35.5. The Morgan fingerprint density at radius 3 is 2.58 bits per heavy atom. The van der Waals surface area contributed by atoms with Crippen LogP contribution in [0.25, 0.3) is 0 Å². The van der Waals surface area contributed by atoms with E-state index in [0.717, 1.165) is 35.9 Å². The summed E-state index contributed by atoms with van der Waals surface area (Å²) >= 11 is 6.30. The van der Waals surface area contributed by atoms with Crippen LogP contribution in [-0.2, 0) is 0 Å². The van der Waals surface area contributed by atoms with Crippen molar-refractivity contribution in [1.29, 1.82) is 0 Å². The number of likely N-dealkylation sites (N-methyl/N-ethyl adjacent to an activating group) is 1. The van der Waals surface area contributed by atoms with Crippen LogP contribution in [0.15, 0.2) is 72.8 Å². The average molecular weight is 458 g/mol. The van der Waals surface area contributed by atoms with Crippen LogP contribution in [0.1, 0.15) is 47.5 Å². The van der Waals surface area contributed by atoms with Gasteiger partial charge in [0.15, 0.2) is 0 Å². The number of hydrogen-bond acceptors (Lipinski definition) is 3. The van der Waals surface area contributed by atoms with E-state index in [9.17, 15) is 0 Å². The van der Waals surface area contributed by atoms with E-state index in [1.54, 1.807) is 7.11 Å². The van der Waals surface area contributed by atoms with Gasteiger partial charge in [-0.15, -0.1) is 12.4 Å². The molecular weight excluding hydrogens is 429 g/mol. The predicted molar refractivity (Wildman–Crippen MR) is 130 cm³/mol. The zero-order valence-electron chi connectivity index (χ0n) is 17.9. The number of ether oxygens (including phenoxy) is 2. The number of benzene rings is 3. The van der Waals surface area contributed by atoms with E-state index in [1.807, 2.05) is 37.4 Å². The molecule has 3 atom stereocenters. The lowest BCUT2D eigenvalue weighted by Crippen LogP contribution is -2.24. The van der Waals surface area contributed by atoms with Crippen molar-refractivity contribution in [3.8, 4) is 11.5 Å². The van der Waals surface area contributed by atoms with Gasteiger partial charge >= 0.3 is 0 Å². The summed E-state index contributed by atoms with van der Waals surface area (Å²) in [6.07, 6.45) is 2.00. The summed E-state index contributed by atoms with van der Waals surface area (Å²) in [5, 5.41) is 4.15. The molecule has 0 saturated heterocycles. The lowest BCUT2D eigenvalue weighted by atomic mass is 9.79. The van der Waals surface area contributed by atoms with Crippen molar-refractivity contribution >= 4 is 24.0 Å². The van der Waals surface area contributed by atoms with Crippen molar-refractivity contribution in [1.82, 2.24) is 5.32 Å². The first-order valence-corrected chi connectivity index (χ1v) is 10.9. The van der Waals surface area contributed by atoms with Crippen LogP contribution in [0.3, 0.4) is 0 Å². The van der Waals surface area contributed by atoms with Crippen LogP contribution in [-0.4, -0.2) is 20.7 Å². The first kappa shape index (κ1) is 23.5. The molecule has 3 aromatic carbocycles. The Labute approximate surface area is 196 Å². The third-order valence-corrected chi connectivity index (χ3v) is 6.17. The summed E-state index contributed by atoms with van der Waals surface area (Å²) in [5.74, 6) is 2.49. The van der Waals surface area contributed by atoms with Crippen LogP contribution in [0, 0.1) is 0 Å². The molecule has 0 aliphatic carbocycles. The molecule has 0 radical (unpaired) electrons. The molecule has 3 unspecified atom stereocenters. The molecule has 0 aromatic heterocycles. The molecule has 3 nitrogen and oxygen atoms in total. The maximum absolute atomic E-state index is 6.44. The zero-order chi connectivity index (χ0) is 20.9. The summed E-state index contributed by atoms with van der Waals surface area (Å²) in [7, 11) is 3.70. The summed E-state index contributed by atoms with van der Waals surface area (Å²) in [6.45, 7) is 0.902. The average Bonchev–Trinajstić information content (AvgIpc) is 2.78. The van der Waals surface area contributed by atoms with Gasteiger partial charge in [0.1, 0.15) is 17.6 Å². The second-order valence-corrected chi connectivity index (χ2v) is 8.34. The SMILES string of the molecule is CNCC(CC1CC(c2ccccc2)Oc2cc(OC)ccc21)c1cccc(Cl)c1.Cl. The number of fused-ring (bicyclic) bond motifs is 1. The maximum Gasteiger partial charge on any atom is 0.127 e. The largest absolute Gasteiger partial charge is 0.497 e. The standard InChI is InChI=1S/C26H28ClNO2.ClH/c1-28-17-21(19-9-6-10-22(27)14-19)13-20-15-25(18-7-4-3-5-8-18)30-26-16-23(29-2)11-12-24(20)26;/h3-12,14,16,20-21,25,28H,13,15,17H2,1-2H3;1H. The van der Waals surface area contributed by atoms with E-state index >= 15 is 0 Å². The molecule has 0 saturated carbocycles. The predicted octanol–water partition coefficient (Wildman–Crippen LogP) is 6.77. The van der Waals surface area contributed by atoms with Crippen molar-refractivity contribution in [2.45, 2.75) is 30.8 Å². The monoisotopic (exact) mass is 457 g/mol. The Bertz CT molecular complexity index is 980. The molecule has 1 aliphatic rings. The van der Waals surface area contributed by atoms with Gasteiger partial charge in [-0.2, -0.15) is 0 Å². The second kappa shape index (κ2) is 10.9. The topological polar surface area (TPSA) is 30.5 Å². The van der Waals surface area contributed by atoms with E-state index in [-0.39, 0.29) is 18.5 Å². The fraction of sp³-hybridized carbons (Fsp3) is 0.308. The van der Waals surface area contributed by atoms with Crippen LogP contribution in [0.4, 0.5) is 0 Å². The molecule has 5 heteroatoms. The smallest absolute Gasteiger partial charge is 0.127 e. The highest BCUT2D eigenvalue weighted by Gasteiger charge is 2.31. The Morgan fingerprint density at radius 1 is 1.06 bits per heavy atom. The van der Waals surface area contributed by atoms with Gasteiger partial charge in [-0.3, -0.25) is 0 Å². The normalized spacial score (nSPS) is 18.3. The van der Waals surface area contributed by atoms with Crippen LogP contribution >= 0.6 is 24.0 Å². The van der Waals surface area contributed by atoms with Crippen molar-refractivity contribution in [2.24, 2.45) is 0 Å². The van der Waals surface area contributed by atoms with Crippen molar-refractivity contribution in [3.63, 3.8) is 0 Å². The summed E-state index contributed by atoms with van der Waals surface area (Å²) in [4.78, 5) is 0. The van der Waals surface area contributed by atoms with E-state index in [0.29, 0.717) is 11.8 Å². The van der Waals surface area contributed by atoms with Gasteiger partial charge in [-0.25, -0.2) is 0 Å². The first-order chi connectivity index (χ1) is 14.7. The quantitative estimate of drug-likeness (QED) is 0.424. The summed E-state index contributed by atoms with van der Waals surface area (Å²) < 4.78 is 11.9. The lowest BCUT2D eigenvalue weighted by Gasteiger charge is -2.35. The Kier molecular flexibility index (Phi) is 8.25. The number of hydrogen-bond donors (Lipinski definition) is 1. The van der Waals surface area contributed by atoms with Crippen molar-refractivity contribution in [2.75, 3.05) is 20.7 Å². The molecule has 31 heavy (non-hydrogen) atoms. The Hall–Kier alpha value is -2.20. The highest BCUT2D eigenvalue weighted by Crippen LogP contribution is 2.47. The van der Waals surface area contributed by atoms with Crippen LogP contribution < -0.4 is 14.8 Å². The molecule has 0 fully saturated rings. The number of halogens is 2. The van der Waals surface area contributed by atoms with Gasteiger partial charge in [0.25, 0.3) is 0 Å². The fourth-order valence-corrected chi connectivity index (χ4v) is 4.65. The van der Waals surface area contributed by atoms with Crippen molar-refractivity contribution in [3.05, 3.63) is 94.5 Å². The van der Waals surface area contributed by atoms with Gasteiger partial charge < -0.3 is 14.8 Å². The van der Waals surface area contributed by atoms with E-state index < -0.39 is 0 Å². The highest BCUT2D eigenvalue weighted by molar-refractivity contribution is 6.30. The van der Waals surface area contributed by atoms with Gasteiger partial charge in [0.05, 0.1) is 7.11 Å². The molecule has 1 aliphatic heterocycles. The minimum absolute atomic E-state index is 0.